The highest BCUT2D eigenvalue weighted by molar-refractivity contribution is 9.10. The number of aryl methyl sites for hydroxylation is 3. The second kappa shape index (κ2) is 6.94. The molecule has 2 aromatic heterocycles. The Bertz CT molecular complexity index is 1140. The van der Waals surface area contributed by atoms with Crippen LogP contribution in [0.4, 0.5) is 0 Å². The predicted molar refractivity (Wildman–Crippen MR) is 112 cm³/mol. The van der Waals surface area contributed by atoms with Crippen LogP contribution in [0.25, 0.3) is 15.9 Å². The van der Waals surface area contributed by atoms with Crippen molar-refractivity contribution in [2.24, 2.45) is 0 Å². The Hall–Kier alpha value is -2.44. The van der Waals surface area contributed by atoms with E-state index in [1.165, 1.54) is 11.3 Å². The zero-order valence-corrected chi connectivity index (χ0v) is 17.5. The van der Waals surface area contributed by atoms with Crippen molar-refractivity contribution < 1.29 is 9.53 Å². The molecular weight excluding hydrogens is 424 g/mol. The van der Waals surface area contributed by atoms with E-state index in [0.29, 0.717) is 10.6 Å². The number of aromatic nitrogens is 2. The van der Waals surface area contributed by atoms with Crippen molar-refractivity contribution in [3.8, 4) is 11.4 Å². The van der Waals surface area contributed by atoms with Crippen LogP contribution in [-0.2, 0) is 0 Å². The van der Waals surface area contributed by atoms with Gasteiger partial charge in [-0.3, -0.25) is 0 Å². The van der Waals surface area contributed by atoms with E-state index in [9.17, 15) is 4.79 Å². The van der Waals surface area contributed by atoms with Gasteiger partial charge in [0.1, 0.15) is 15.5 Å². The van der Waals surface area contributed by atoms with Gasteiger partial charge >= 0.3 is 5.97 Å². The molecule has 2 aromatic carbocycles. The number of rotatable bonds is 3. The fourth-order valence-electron chi connectivity index (χ4n) is 3.09. The van der Waals surface area contributed by atoms with Gasteiger partial charge in [0.05, 0.1) is 11.4 Å². The van der Waals surface area contributed by atoms with Crippen LogP contribution in [0, 0.1) is 20.8 Å². The Morgan fingerprint density at radius 1 is 1.07 bits per heavy atom. The standard InChI is InChI=1S/C21H17BrN2O2S/c1-12-9-15(22)10-13(2)19(12)26-21(25)18-11-17-14(3)23-24(20(17)27-18)16-7-5-4-6-8-16/h4-11H,1-3H3. The number of thiophene rings is 1. The summed E-state index contributed by atoms with van der Waals surface area (Å²) in [6.45, 7) is 5.82. The molecule has 0 aliphatic heterocycles. The number of esters is 1. The van der Waals surface area contributed by atoms with E-state index < -0.39 is 0 Å². The molecule has 4 rings (SSSR count). The minimum absolute atomic E-state index is 0.344. The molecule has 0 unspecified atom stereocenters. The summed E-state index contributed by atoms with van der Waals surface area (Å²) in [5.41, 5.74) is 3.70. The Balaban J connectivity index is 1.72. The van der Waals surface area contributed by atoms with Crippen molar-refractivity contribution in [2.45, 2.75) is 20.8 Å². The van der Waals surface area contributed by atoms with Gasteiger partial charge in [-0.15, -0.1) is 11.3 Å². The van der Waals surface area contributed by atoms with Gasteiger partial charge in [0, 0.05) is 9.86 Å². The van der Waals surface area contributed by atoms with Crippen molar-refractivity contribution >= 4 is 43.5 Å². The van der Waals surface area contributed by atoms with Crippen molar-refractivity contribution in [3.63, 3.8) is 0 Å². The smallest absolute Gasteiger partial charge is 0.353 e. The first kappa shape index (κ1) is 17.9. The van der Waals surface area contributed by atoms with Gasteiger partial charge in [0.25, 0.3) is 0 Å². The van der Waals surface area contributed by atoms with Crippen LogP contribution >= 0.6 is 27.3 Å². The maximum Gasteiger partial charge on any atom is 0.353 e. The average Bonchev–Trinajstić information content (AvgIpc) is 3.19. The maximum absolute atomic E-state index is 12.8. The SMILES string of the molecule is Cc1cc(Br)cc(C)c1OC(=O)c1cc2c(C)nn(-c3ccccc3)c2s1. The Kier molecular flexibility index (Phi) is 4.61. The number of carbonyl (C=O) groups is 1. The molecule has 0 saturated heterocycles. The van der Waals surface area contributed by atoms with E-state index in [-0.39, 0.29) is 5.97 Å². The molecule has 6 heteroatoms. The van der Waals surface area contributed by atoms with Gasteiger partial charge in [-0.25, -0.2) is 9.48 Å². The Morgan fingerprint density at radius 2 is 1.74 bits per heavy atom. The molecule has 0 amide bonds. The van der Waals surface area contributed by atoms with E-state index in [2.05, 4.69) is 21.0 Å². The summed E-state index contributed by atoms with van der Waals surface area (Å²) in [7, 11) is 0. The molecule has 4 aromatic rings. The van der Waals surface area contributed by atoms with E-state index >= 15 is 0 Å². The van der Waals surface area contributed by atoms with Gasteiger partial charge in [-0.1, -0.05) is 34.1 Å². The monoisotopic (exact) mass is 440 g/mol. The van der Waals surface area contributed by atoms with E-state index in [1.54, 1.807) is 0 Å². The molecule has 0 saturated carbocycles. The Labute approximate surface area is 169 Å². The third kappa shape index (κ3) is 3.31. The zero-order valence-electron chi connectivity index (χ0n) is 15.1. The normalized spacial score (nSPS) is 11.1. The quantitative estimate of drug-likeness (QED) is 0.290. The Morgan fingerprint density at radius 3 is 2.41 bits per heavy atom. The molecular formula is C21H17BrN2O2S. The molecule has 4 nitrogen and oxygen atoms in total. The van der Waals surface area contributed by atoms with Crippen LogP contribution in [0.2, 0.25) is 0 Å². The number of ether oxygens (including phenoxy) is 1. The first-order chi connectivity index (χ1) is 12.9. The highest BCUT2D eigenvalue weighted by atomic mass is 79.9. The second-order valence-corrected chi connectivity index (χ2v) is 8.37. The van der Waals surface area contributed by atoms with Gasteiger partial charge in [-0.2, -0.15) is 5.10 Å². The molecule has 0 fully saturated rings. The summed E-state index contributed by atoms with van der Waals surface area (Å²) in [4.78, 5) is 14.3. The molecule has 27 heavy (non-hydrogen) atoms. The topological polar surface area (TPSA) is 44.1 Å². The van der Waals surface area contributed by atoms with Gasteiger partial charge < -0.3 is 4.74 Å². The van der Waals surface area contributed by atoms with Crippen LogP contribution in [0.5, 0.6) is 5.75 Å². The maximum atomic E-state index is 12.8. The predicted octanol–water partition coefficient (Wildman–Crippen LogP) is 5.99. The summed E-state index contributed by atoms with van der Waals surface area (Å²) in [6, 6.07) is 15.7. The number of halogens is 1. The van der Waals surface area contributed by atoms with Crippen LogP contribution in [0.15, 0.2) is 53.0 Å². The zero-order chi connectivity index (χ0) is 19.1. The summed E-state index contributed by atoms with van der Waals surface area (Å²) in [5, 5.41) is 5.58. The third-order valence-electron chi connectivity index (χ3n) is 4.37. The molecule has 2 heterocycles. The highest BCUT2D eigenvalue weighted by Gasteiger charge is 2.20. The van der Waals surface area contributed by atoms with E-state index in [4.69, 9.17) is 4.74 Å². The van der Waals surface area contributed by atoms with Crippen LogP contribution in [0.1, 0.15) is 26.5 Å². The number of fused-ring (bicyclic) bond motifs is 1. The third-order valence-corrected chi connectivity index (χ3v) is 5.91. The molecule has 0 spiro atoms. The molecule has 0 aliphatic rings. The first-order valence-corrected chi connectivity index (χ1v) is 10.1. The number of benzene rings is 2. The van der Waals surface area contributed by atoms with E-state index in [1.807, 2.05) is 74.0 Å². The lowest BCUT2D eigenvalue weighted by Gasteiger charge is -2.10. The summed E-state index contributed by atoms with van der Waals surface area (Å²) in [5.74, 6) is 0.269. The molecule has 0 aliphatic carbocycles. The fraction of sp³-hybridized carbons (Fsp3) is 0.143. The molecule has 0 radical (unpaired) electrons. The largest absolute Gasteiger partial charge is 0.422 e. The minimum atomic E-state index is -0.344. The number of carbonyl (C=O) groups excluding carboxylic acids is 1. The molecule has 0 N–H and O–H groups in total. The minimum Gasteiger partial charge on any atom is -0.422 e. The fourth-order valence-corrected chi connectivity index (χ4v) is 4.84. The first-order valence-electron chi connectivity index (χ1n) is 8.47. The van der Waals surface area contributed by atoms with Crippen LogP contribution in [0.3, 0.4) is 0 Å². The summed E-state index contributed by atoms with van der Waals surface area (Å²) < 4.78 is 8.57. The van der Waals surface area contributed by atoms with Crippen LogP contribution < -0.4 is 4.74 Å². The highest BCUT2D eigenvalue weighted by Crippen LogP contribution is 2.33. The number of para-hydroxylation sites is 1. The number of nitrogens with zero attached hydrogens (tertiary/aromatic N) is 2. The van der Waals surface area contributed by atoms with Gasteiger partial charge in [-0.05, 0) is 62.2 Å². The lowest BCUT2D eigenvalue weighted by molar-refractivity contribution is 0.0737. The number of hydrogen-bond acceptors (Lipinski definition) is 4. The van der Waals surface area contributed by atoms with Crippen molar-refractivity contribution in [1.29, 1.82) is 0 Å². The lowest BCUT2D eigenvalue weighted by Crippen LogP contribution is -2.08. The number of hydrogen-bond donors (Lipinski definition) is 0. The summed E-state index contributed by atoms with van der Waals surface area (Å²) >= 11 is 4.86. The van der Waals surface area contributed by atoms with Gasteiger partial charge in [0.15, 0.2) is 0 Å². The summed E-state index contributed by atoms with van der Waals surface area (Å²) in [6.07, 6.45) is 0. The van der Waals surface area contributed by atoms with Crippen molar-refractivity contribution in [2.75, 3.05) is 0 Å². The van der Waals surface area contributed by atoms with Crippen LogP contribution in [-0.4, -0.2) is 15.7 Å². The van der Waals surface area contributed by atoms with Gasteiger partial charge in [0.2, 0.25) is 0 Å². The second-order valence-electron chi connectivity index (χ2n) is 6.42. The van der Waals surface area contributed by atoms with E-state index in [0.717, 1.165) is 37.2 Å². The molecule has 0 atom stereocenters. The van der Waals surface area contributed by atoms with Crippen molar-refractivity contribution in [3.05, 3.63) is 74.7 Å². The lowest BCUT2D eigenvalue weighted by atomic mass is 10.1. The molecule has 0 bridgehead atoms. The van der Waals surface area contributed by atoms with Crippen molar-refractivity contribution in [1.82, 2.24) is 9.78 Å². The molecule has 136 valence electrons. The average molecular weight is 441 g/mol.